The van der Waals surface area contributed by atoms with Crippen molar-refractivity contribution in [1.29, 1.82) is 0 Å². The second-order valence-corrected chi connectivity index (χ2v) is 14.8. The molecule has 12 rings (SSSR count). The van der Waals surface area contributed by atoms with Crippen molar-refractivity contribution in [3.63, 3.8) is 0 Å². The van der Waals surface area contributed by atoms with Gasteiger partial charge in [0, 0.05) is 39.5 Å². The normalized spacial score (nSPS) is 13.2. The molecule has 0 amide bonds. The van der Waals surface area contributed by atoms with Crippen molar-refractivity contribution >= 4 is 49.8 Å². The van der Waals surface area contributed by atoms with Gasteiger partial charge >= 0.3 is 0 Å². The van der Waals surface area contributed by atoms with Gasteiger partial charge in [-0.25, -0.2) is 0 Å². The Morgan fingerprint density at radius 3 is 1.55 bits per heavy atom. The fraction of sp³-hybridized carbons (Fsp3) is 0.0189. The number of fused-ring (bicyclic) bond motifs is 14. The van der Waals surface area contributed by atoms with E-state index in [1.807, 2.05) is 0 Å². The number of hydrogen-bond donors (Lipinski definition) is 0. The minimum absolute atomic E-state index is 0.417. The molecular formula is C53H33NO. The largest absolute Gasteiger partial charge is 0.455 e. The van der Waals surface area contributed by atoms with Gasteiger partial charge in [-0.1, -0.05) is 146 Å². The van der Waals surface area contributed by atoms with Crippen LogP contribution >= 0.6 is 0 Å². The maximum atomic E-state index is 7.09. The van der Waals surface area contributed by atoms with Crippen LogP contribution in [0.4, 0.5) is 17.1 Å². The number of rotatable bonds is 4. The fourth-order valence-corrected chi connectivity index (χ4v) is 9.84. The van der Waals surface area contributed by atoms with E-state index in [9.17, 15) is 0 Å². The second-order valence-electron chi connectivity index (χ2n) is 14.8. The van der Waals surface area contributed by atoms with Gasteiger partial charge in [0.25, 0.3) is 0 Å². The average molecular weight is 700 g/mol. The molecule has 0 radical (unpaired) electrons. The summed E-state index contributed by atoms with van der Waals surface area (Å²) in [5, 5.41) is 4.61. The average Bonchev–Trinajstić information content (AvgIpc) is 3.87. The third-order valence-electron chi connectivity index (χ3n) is 12.0. The van der Waals surface area contributed by atoms with E-state index < -0.39 is 5.41 Å². The van der Waals surface area contributed by atoms with Gasteiger partial charge in [-0.3, -0.25) is 0 Å². The van der Waals surface area contributed by atoms with E-state index in [-0.39, 0.29) is 0 Å². The van der Waals surface area contributed by atoms with Crippen LogP contribution in [0, 0.1) is 0 Å². The highest BCUT2D eigenvalue weighted by molar-refractivity contribution is 6.19. The van der Waals surface area contributed by atoms with Crippen molar-refractivity contribution in [2.75, 3.05) is 4.90 Å². The molecule has 2 nitrogen and oxygen atoms in total. The van der Waals surface area contributed by atoms with E-state index in [0.717, 1.165) is 50.1 Å². The molecule has 0 unspecified atom stereocenters. The zero-order chi connectivity index (χ0) is 36.1. The van der Waals surface area contributed by atoms with Crippen LogP contribution in [0.1, 0.15) is 22.3 Å². The van der Waals surface area contributed by atoms with Gasteiger partial charge in [0.15, 0.2) is 0 Å². The predicted octanol–water partition coefficient (Wildman–Crippen LogP) is 14.2. The summed E-state index contributed by atoms with van der Waals surface area (Å²) >= 11 is 0. The summed E-state index contributed by atoms with van der Waals surface area (Å²) in [6, 6.07) is 73.0. The van der Waals surface area contributed by atoms with Crippen LogP contribution in [0.15, 0.2) is 205 Å². The van der Waals surface area contributed by atoms with Gasteiger partial charge in [0.1, 0.15) is 11.2 Å². The number of furan rings is 1. The van der Waals surface area contributed by atoms with Crippen molar-refractivity contribution in [2.24, 2.45) is 0 Å². The van der Waals surface area contributed by atoms with Crippen LogP contribution in [0.5, 0.6) is 0 Å². The highest BCUT2D eigenvalue weighted by Gasteiger charge is 2.51. The van der Waals surface area contributed by atoms with Gasteiger partial charge in [-0.2, -0.15) is 0 Å². The van der Waals surface area contributed by atoms with Gasteiger partial charge in [-0.15, -0.1) is 0 Å². The lowest BCUT2D eigenvalue weighted by Gasteiger charge is -2.30. The molecule has 0 bridgehead atoms. The minimum Gasteiger partial charge on any atom is -0.455 e. The lowest BCUT2D eigenvalue weighted by molar-refractivity contribution is 0.670. The molecule has 2 heteroatoms. The maximum Gasteiger partial charge on any atom is 0.143 e. The third kappa shape index (κ3) is 4.14. The first kappa shape index (κ1) is 30.3. The smallest absolute Gasteiger partial charge is 0.143 e. The Bertz CT molecular complexity index is 3050. The van der Waals surface area contributed by atoms with Crippen molar-refractivity contribution in [1.82, 2.24) is 0 Å². The zero-order valence-electron chi connectivity index (χ0n) is 29.9. The standard InChI is InChI=1S/C53H33NO/c1-3-16-36(17-4-1)54(37-18-5-2-6-19-37)38-28-30-44-45-31-34-15-7-8-20-39(34)51(52(45)55-50(44)33-38)35-27-29-43-42-23-11-14-26-48(42)53(49(43)32-35)46-24-12-9-21-40(46)41-22-10-13-25-47(41)53/h1-33H. The second kappa shape index (κ2) is 11.4. The van der Waals surface area contributed by atoms with E-state index in [0.29, 0.717) is 0 Å². The molecule has 0 saturated carbocycles. The van der Waals surface area contributed by atoms with E-state index in [2.05, 4.69) is 205 Å². The molecule has 0 atom stereocenters. The maximum absolute atomic E-state index is 7.09. The monoisotopic (exact) mass is 699 g/mol. The number of benzene rings is 9. The Labute approximate surface area is 319 Å². The Morgan fingerprint density at radius 1 is 0.364 bits per heavy atom. The molecule has 256 valence electrons. The highest BCUT2D eigenvalue weighted by Crippen LogP contribution is 2.63. The topological polar surface area (TPSA) is 16.4 Å². The molecule has 55 heavy (non-hydrogen) atoms. The molecule has 2 aliphatic rings. The van der Waals surface area contributed by atoms with E-state index in [1.54, 1.807) is 0 Å². The van der Waals surface area contributed by atoms with Gasteiger partial charge in [-0.05, 0) is 109 Å². The van der Waals surface area contributed by atoms with Crippen LogP contribution < -0.4 is 4.90 Å². The Morgan fingerprint density at radius 2 is 0.909 bits per heavy atom. The molecule has 0 N–H and O–H groups in total. The summed E-state index contributed by atoms with van der Waals surface area (Å²) in [5.74, 6) is 0. The van der Waals surface area contributed by atoms with E-state index in [4.69, 9.17) is 4.42 Å². The first-order valence-electron chi connectivity index (χ1n) is 19.0. The Balaban J connectivity index is 1.12. The van der Waals surface area contributed by atoms with Crippen LogP contribution in [0.2, 0.25) is 0 Å². The first-order valence-corrected chi connectivity index (χ1v) is 19.0. The molecule has 1 heterocycles. The lowest BCUT2D eigenvalue weighted by atomic mass is 9.70. The van der Waals surface area contributed by atoms with Crippen molar-refractivity contribution in [3.8, 4) is 33.4 Å². The molecule has 0 fully saturated rings. The fourth-order valence-electron chi connectivity index (χ4n) is 9.84. The van der Waals surface area contributed by atoms with Crippen LogP contribution in [0.25, 0.3) is 66.1 Å². The molecule has 0 saturated heterocycles. The quantitative estimate of drug-likeness (QED) is 0.182. The lowest BCUT2D eigenvalue weighted by Crippen LogP contribution is -2.25. The number of hydrogen-bond acceptors (Lipinski definition) is 2. The summed E-state index contributed by atoms with van der Waals surface area (Å²) in [6.07, 6.45) is 0. The molecule has 2 aliphatic carbocycles. The summed E-state index contributed by atoms with van der Waals surface area (Å²) in [7, 11) is 0. The summed E-state index contributed by atoms with van der Waals surface area (Å²) in [5.41, 5.74) is 17.5. The SMILES string of the molecule is c1ccc(N(c2ccccc2)c2ccc3c(c2)oc2c(-c4ccc5c(c4)C4(c6ccccc6-c6ccccc64)c4ccccc4-5)c4ccccc4cc23)cc1. The molecule has 10 aromatic rings. The van der Waals surface area contributed by atoms with E-state index in [1.165, 1.54) is 55.3 Å². The number of nitrogens with zero attached hydrogens (tertiary/aromatic N) is 1. The summed E-state index contributed by atoms with van der Waals surface area (Å²) in [4.78, 5) is 2.29. The molecule has 1 spiro atoms. The van der Waals surface area contributed by atoms with Crippen LogP contribution in [0.3, 0.4) is 0 Å². The number of para-hydroxylation sites is 2. The van der Waals surface area contributed by atoms with E-state index >= 15 is 0 Å². The summed E-state index contributed by atoms with van der Waals surface area (Å²) in [6.45, 7) is 0. The van der Waals surface area contributed by atoms with Crippen molar-refractivity contribution in [2.45, 2.75) is 5.41 Å². The molecule has 0 aliphatic heterocycles. The Hall–Kier alpha value is -7.16. The van der Waals surface area contributed by atoms with Crippen LogP contribution in [-0.2, 0) is 5.41 Å². The van der Waals surface area contributed by atoms with Gasteiger partial charge in [0.2, 0.25) is 0 Å². The highest BCUT2D eigenvalue weighted by atomic mass is 16.3. The van der Waals surface area contributed by atoms with Crippen LogP contribution in [-0.4, -0.2) is 0 Å². The van der Waals surface area contributed by atoms with Gasteiger partial charge < -0.3 is 9.32 Å². The Kier molecular flexibility index (Phi) is 6.29. The molecule has 1 aromatic heterocycles. The predicted molar refractivity (Wildman–Crippen MR) is 228 cm³/mol. The summed E-state index contributed by atoms with van der Waals surface area (Å²) < 4.78 is 7.09. The third-order valence-corrected chi connectivity index (χ3v) is 12.0. The van der Waals surface area contributed by atoms with Gasteiger partial charge in [0.05, 0.1) is 5.41 Å². The number of anilines is 3. The minimum atomic E-state index is -0.417. The molecule has 9 aromatic carbocycles. The van der Waals surface area contributed by atoms with Crippen molar-refractivity contribution < 1.29 is 4.42 Å². The molecular weight excluding hydrogens is 667 g/mol. The van der Waals surface area contributed by atoms with Crippen molar-refractivity contribution in [3.05, 3.63) is 222 Å². The zero-order valence-corrected chi connectivity index (χ0v) is 29.9. The first-order chi connectivity index (χ1) is 27.3.